The number of nitrogens with one attached hydrogen (secondary N) is 1. The summed E-state index contributed by atoms with van der Waals surface area (Å²) in [6.45, 7) is 3.45. The minimum absolute atomic E-state index is 0.205. The van der Waals surface area contributed by atoms with Crippen LogP contribution in [0, 0.1) is 5.92 Å². The number of hydrogen-bond acceptors (Lipinski definition) is 2. The zero-order valence-electron chi connectivity index (χ0n) is 11.9. The first-order valence-electron chi connectivity index (χ1n) is 8.22. The van der Waals surface area contributed by atoms with Crippen LogP contribution in [0.5, 0.6) is 0 Å². The lowest BCUT2D eigenvalue weighted by molar-refractivity contribution is -0.156. The quantitative estimate of drug-likeness (QED) is 0.768. The third-order valence-corrected chi connectivity index (χ3v) is 5.58. The minimum atomic E-state index is 0.205. The Hall–Kier alpha value is -0.0800. The lowest BCUT2D eigenvalue weighted by atomic mass is 9.79. The van der Waals surface area contributed by atoms with E-state index in [9.17, 15) is 0 Å². The summed E-state index contributed by atoms with van der Waals surface area (Å²) in [7, 11) is 0. The molecule has 104 valence electrons. The third kappa shape index (κ3) is 2.60. The van der Waals surface area contributed by atoms with Crippen LogP contribution in [0.4, 0.5) is 0 Å². The molecule has 0 aromatic heterocycles. The molecule has 0 aromatic carbocycles. The zero-order valence-corrected chi connectivity index (χ0v) is 11.9. The van der Waals surface area contributed by atoms with Crippen LogP contribution in [-0.4, -0.2) is 24.3 Å². The van der Waals surface area contributed by atoms with Gasteiger partial charge in [-0.25, -0.2) is 0 Å². The first-order chi connectivity index (χ1) is 8.81. The Balaban J connectivity index is 1.63. The number of morpholine rings is 1. The number of rotatable bonds is 1. The molecular weight excluding hydrogens is 222 g/mol. The van der Waals surface area contributed by atoms with Gasteiger partial charge in [-0.1, -0.05) is 39.0 Å². The lowest BCUT2D eigenvalue weighted by Gasteiger charge is -2.49. The molecule has 1 heterocycles. The van der Waals surface area contributed by atoms with Gasteiger partial charge in [-0.05, 0) is 38.0 Å². The van der Waals surface area contributed by atoms with E-state index in [1.807, 2.05) is 0 Å². The highest BCUT2D eigenvalue weighted by Gasteiger charge is 2.43. The van der Waals surface area contributed by atoms with Crippen LogP contribution in [0.3, 0.4) is 0 Å². The lowest BCUT2D eigenvalue weighted by Crippen LogP contribution is -2.60. The van der Waals surface area contributed by atoms with E-state index < -0.39 is 0 Å². The smallest absolute Gasteiger partial charge is 0.0810 e. The van der Waals surface area contributed by atoms with Gasteiger partial charge < -0.3 is 10.1 Å². The highest BCUT2D eigenvalue weighted by Crippen LogP contribution is 2.39. The molecule has 18 heavy (non-hydrogen) atoms. The second-order valence-corrected chi connectivity index (χ2v) is 6.83. The van der Waals surface area contributed by atoms with Crippen molar-refractivity contribution in [3.05, 3.63) is 0 Å². The van der Waals surface area contributed by atoms with E-state index in [4.69, 9.17) is 4.74 Å². The van der Waals surface area contributed by atoms with Gasteiger partial charge in [-0.3, -0.25) is 0 Å². The van der Waals surface area contributed by atoms with Gasteiger partial charge >= 0.3 is 0 Å². The summed E-state index contributed by atoms with van der Waals surface area (Å²) >= 11 is 0. The van der Waals surface area contributed by atoms with Crippen molar-refractivity contribution in [3.63, 3.8) is 0 Å². The van der Waals surface area contributed by atoms with Crippen molar-refractivity contribution in [2.45, 2.75) is 88.9 Å². The Kier molecular flexibility index (Phi) is 3.95. The highest BCUT2D eigenvalue weighted by molar-refractivity contribution is 4.97. The summed E-state index contributed by atoms with van der Waals surface area (Å²) in [5.74, 6) is 0.936. The molecule has 2 heteroatoms. The van der Waals surface area contributed by atoms with Gasteiger partial charge in [-0.15, -0.1) is 0 Å². The molecule has 0 radical (unpaired) electrons. The van der Waals surface area contributed by atoms with Gasteiger partial charge in [0.15, 0.2) is 0 Å². The van der Waals surface area contributed by atoms with Gasteiger partial charge in [-0.2, -0.15) is 0 Å². The molecule has 3 aliphatic rings. The molecule has 2 aliphatic carbocycles. The van der Waals surface area contributed by atoms with E-state index in [1.165, 1.54) is 64.2 Å². The van der Waals surface area contributed by atoms with Crippen LogP contribution < -0.4 is 5.32 Å². The fourth-order valence-corrected chi connectivity index (χ4v) is 4.30. The molecule has 3 unspecified atom stereocenters. The van der Waals surface area contributed by atoms with Gasteiger partial charge in [0.1, 0.15) is 0 Å². The SMILES string of the molecule is CCC1CCC2OC3(CCCCCC3)CNC2C1. The molecule has 1 aliphatic heterocycles. The number of fused-ring (bicyclic) bond motifs is 1. The summed E-state index contributed by atoms with van der Waals surface area (Å²) in [5, 5.41) is 3.85. The Morgan fingerprint density at radius 3 is 2.61 bits per heavy atom. The van der Waals surface area contributed by atoms with Gasteiger partial charge in [0.05, 0.1) is 11.7 Å². The van der Waals surface area contributed by atoms with Crippen molar-refractivity contribution in [1.82, 2.24) is 5.32 Å². The molecule has 0 amide bonds. The summed E-state index contributed by atoms with van der Waals surface area (Å²) in [6, 6.07) is 0.651. The molecule has 0 aromatic rings. The van der Waals surface area contributed by atoms with Crippen molar-refractivity contribution >= 4 is 0 Å². The van der Waals surface area contributed by atoms with Gasteiger partial charge in [0.2, 0.25) is 0 Å². The van der Waals surface area contributed by atoms with E-state index in [-0.39, 0.29) is 5.60 Å². The fraction of sp³-hybridized carbons (Fsp3) is 1.00. The first kappa shape index (κ1) is 12.9. The molecule has 1 spiro atoms. The van der Waals surface area contributed by atoms with Crippen molar-refractivity contribution in [3.8, 4) is 0 Å². The van der Waals surface area contributed by atoms with Crippen LogP contribution in [0.25, 0.3) is 0 Å². The topological polar surface area (TPSA) is 21.3 Å². The van der Waals surface area contributed by atoms with Crippen molar-refractivity contribution in [1.29, 1.82) is 0 Å². The molecule has 1 saturated heterocycles. The Bertz CT molecular complexity index is 270. The number of ether oxygens (including phenoxy) is 1. The molecule has 0 bridgehead atoms. The van der Waals surface area contributed by atoms with Crippen LogP contribution in [0.2, 0.25) is 0 Å². The van der Waals surface area contributed by atoms with Crippen molar-refractivity contribution in [2.75, 3.05) is 6.54 Å². The molecule has 2 saturated carbocycles. The maximum atomic E-state index is 6.63. The van der Waals surface area contributed by atoms with Crippen LogP contribution in [0.1, 0.15) is 71.1 Å². The summed E-state index contributed by atoms with van der Waals surface area (Å²) < 4.78 is 6.63. The first-order valence-corrected chi connectivity index (χ1v) is 8.22. The zero-order chi connectivity index (χ0) is 12.4. The molecule has 3 atom stereocenters. The molecule has 3 fully saturated rings. The predicted molar refractivity (Wildman–Crippen MR) is 74.7 cm³/mol. The van der Waals surface area contributed by atoms with Gasteiger partial charge in [0, 0.05) is 12.6 Å². The van der Waals surface area contributed by atoms with E-state index in [2.05, 4.69) is 12.2 Å². The summed E-state index contributed by atoms with van der Waals surface area (Å²) in [6.07, 6.45) is 14.0. The summed E-state index contributed by atoms with van der Waals surface area (Å²) in [4.78, 5) is 0. The maximum Gasteiger partial charge on any atom is 0.0810 e. The maximum absolute atomic E-state index is 6.63. The second kappa shape index (κ2) is 5.50. The van der Waals surface area contributed by atoms with Crippen molar-refractivity contribution < 1.29 is 4.74 Å². The minimum Gasteiger partial charge on any atom is -0.369 e. The third-order valence-electron chi connectivity index (χ3n) is 5.58. The van der Waals surface area contributed by atoms with Gasteiger partial charge in [0.25, 0.3) is 0 Å². The average molecular weight is 251 g/mol. The Labute approximate surface area is 112 Å². The highest BCUT2D eigenvalue weighted by atomic mass is 16.5. The molecule has 1 N–H and O–H groups in total. The second-order valence-electron chi connectivity index (χ2n) is 6.83. The van der Waals surface area contributed by atoms with E-state index in [1.54, 1.807) is 0 Å². The summed E-state index contributed by atoms with van der Waals surface area (Å²) in [5.41, 5.74) is 0.205. The largest absolute Gasteiger partial charge is 0.369 e. The van der Waals surface area contributed by atoms with Crippen molar-refractivity contribution in [2.24, 2.45) is 5.92 Å². The molecule has 3 rings (SSSR count). The van der Waals surface area contributed by atoms with E-state index in [0.29, 0.717) is 12.1 Å². The predicted octanol–water partition coefficient (Wildman–Crippen LogP) is 3.65. The van der Waals surface area contributed by atoms with E-state index in [0.717, 1.165) is 12.5 Å². The van der Waals surface area contributed by atoms with Crippen LogP contribution in [0.15, 0.2) is 0 Å². The number of hydrogen-bond donors (Lipinski definition) is 1. The molecular formula is C16H29NO. The fourth-order valence-electron chi connectivity index (χ4n) is 4.30. The standard InChI is InChI=1S/C16H29NO/c1-2-13-7-8-15-14(11-13)17-12-16(18-15)9-5-3-4-6-10-16/h13-15,17H,2-12H2,1H3. The molecule has 2 nitrogen and oxygen atoms in total. The average Bonchev–Trinajstić information content (AvgIpc) is 2.64. The monoisotopic (exact) mass is 251 g/mol. The van der Waals surface area contributed by atoms with Crippen LogP contribution in [-0.2, 0) is 4.74 Å². The van der Waals surface area contributed by atoms with E-state index >= 15 is 0 Å². The van der Waals surface area contributed by atoms with Crippen LogP contribution >= 0.6 is 0 Å². The normalized spacial score (nSPS) is 40.2. The Morgan fingerprint density at radius 2 is 1.89 bits per heavy atom. The Morgan fingerprint density at radius 1 is 1.11 bits per heavy atom.